The van der Waals surface area contributed by atoms with Crippen molar-refractivity contribution in [3.05, 3.63) is 58.3 Å². The molecule has 0 heterocycles. The molecule has 0 aliphatic rings. The summed E-state index contributed by atoms with van der Waals surface area (Å²) in [5.41, 5.74) is 6.45. The van der Waals surface area contributed by atoms with E-state index in [4.69, 9.17) is 5.73 Å². The molecular formula is C13H12BrFN2O2S. The average Bonchev–Trinajstić information content (AvgIpc) is 2.36. The summed E-state index contributed by atoms with van der Waals surface area (Å²) in [5, 5.41) is 0. The first-order chi connectivity index (χ1) is 9.37. The lowest BCUT2D eigenvalue weighted by atomic mass is 10.2. The van der Waals surface area contributed by atoms with E-state index in [1.165, 1.54) is 18.2 Å². The number of sulfonamides is 1. The zero-order chi connectivity index (χ0) is 14.8. The highest BCUT2D eigenvalue weighted by atomic mass is 79.9. The minimum atomic E-state index is -3.74. The molecule has 0 aliphatic carbocycles. The fourth-order valence-electron chi connectivity index (χ4n) is 1.65. The summed E-state index contributed by atoms with van der Waals surface area (Å²) in [6.45, 7) is 0. The lowest BCUT2D eigenvalue weighted by Gasteiger charge is -2.10. The molecular weight excluding hydrogens is 347 g/mol. The van der Waals surface area contributed by atoms with Gasteiger partial charge in [0, 0.05) is 10.2 Å². The van der Waals surface area contributed by atoms with E-state index in [1.54, 1.807) is 24.3 Å². The highest BCUT2D eigenvalue weighted by molar-refractivity contribution is 9.10. The van der Waals surface area contributed by atoms with Crippen molar-refractivity contribution in [3.63, 3.8) is 0 Å². The Bertz CT molecular complexity index is 735. The van der Waals surface area contributed by atoms with Crippen molar-refractivity contribution < 1.29 is 12.8 Å². The highest BCUT2D eigenvalue weighted by Gasteiger charge is 2.15. The van der Waals surface area contributed by atoms with Crippen molar-refractivity contribution in [3.8, 4) is 0 Å². The van der Waals surface area contributed by atoms with E-state index in [0.29, 0.717) is 15.7 Å². The molecule has 2 aromatic rings. The smallest absolute Gasteiger partial charge is 0.237 e. The molecule has 106 valence electrons. The Balaban J connectivity index is 2.24. The van der Waals surface area contributed by atoms with Gasteiger partial charge >= 0.3 is 0 Å². The fraction of sp³-hybridized carbons (Fsp3) is 0.0769. The van der Waals surface area contributed by atoms with Gasteiger partial charge in [0.2, 0.25) is 10.0 Å². The number of benzene rings is 2. The van der Waals surface area contributed by atoms with Gasteiger partial charge in [-0.1, -0.05) is 34.1 Å². The Hall–Kier alpha value is -1.60. The van der Waals surface area contributed by atoms with Gasteiger partial charge in [0.05, 0.1) is 11.4 Å². The van der Waals surface area contributed by atoms with Gasteiger partial charge in [-0.15, -0.1) is 0 Å². The molecule has 0 bridgehead atoms. The van der Waals surface area contributed by atoms with Crippen LogP contribution in [-0.4, -0.2) is 8.42 Å². The van der Waals surface area contributed by atoms with E-state index < -0.39 is 15.8 Å². The summed E-state index contributed by atoms with van der Waals surface area (Å²) >= 11 is 3.16. The number of rotatable bonds is 4. The van der Waals surface area contributed by atoms with Gasteiger partial charge in [0.1, 0.15) is 5.82 Å². The zero-order valence-corrected chi connectivity index (χ0v) is 12.7. The number of hydrogen-bond acceptors (Lipinski definition) is 3. The molecule has 0 amide bonds. The van der Waals surface area contributed by atoms with Crippen LogP contribution in [0, 0.1) is 5.82 Å². The second-order valence-electron chi connectivity index (χ2n) is 4.18. The normalized spacial score (nSPS) is 11.3. The van der Waals surface area contributed by atoms with Crippen molar-refractivity contribution in [2.75, 3.05) is 10.5 Å². The molecule has 2 aromatic carbocycles. The third kappa shape index (κ3) is 3.71. The Labute approximate surface area is 125 Å². The molecule has 0 unspecified atom stereocenters. The lowest BCUT2D eigenvalue weighted by Crippen LogP contribution is -2.16. The van der Waals surface area contributed by atoms with Crippen molar-refractivity contribution in [1.82, 2.24) is 0 Å². The Morgan fingerprint density at radius 1 is 1.20 bits per heavy atom. The quantitative estimate of drug-likeness (QED) is 0.824. The molecule has 0 fully saturated rings. The Morgan fingerprint density at radius 2 is 1.90 bits per heavy atom. The topological polar surface area (TPSA) is 72.2 Å². The molecule has 0 saturated heterocycles. The van der Waals surface area contributed by atoms with Crippen LogP contribution in [0.3, 0.4) is 0 Å². The van der Waals surface area contributed by atoms with E-state index in [0.717, 1.165) is 0 Å². The van der Waals surface area contributed by atoms with E-state index in [9.17, 15) is 12.8 Å². The average molecular weight is 359 g/mol. The molecule has 2 rings (SSSR count). The van der Waals surface area contributed by atoms with Gasteiger partial charge in [-0.05, 0) is 29.8 Å². The minimum absolute atomic E-state index is 0.103. The number of anilines is 2. The maximum absolute atomic E-state index is 13.5. The molecule has 0 spiro atoms. The number of halogens is 2. The lowest BCUT2D eigenvalue weighted by molar-refractivity contribution is 0.598. The first-order valence-electron chi connectivity index (χ1n) is 5.66. The van der Waals surface area contributed by atoms with Gasteiger partial charge in [-0.25, -0.2) is 12.8 Å². The fourth-order valence-corrected chi connectivity index (χ4v) is 3.25. The summed E-state index contributed by atoms with van der Waals surface area (Å²) in [5.74, 6) is -0.955. The molecule has 0 saturated carbocycles. The van der Waals surface area contributed by atoms with Crippen LogP contribution in [0.5, 0.6) is 0 Å². The summed E-state index contributed by atoms with van der Waals surface area (Å²) in [6.07, 6.45) is 0. The Kier molecular flexibility index (Phi) is 4.29. The SMILES string of the molecule is Nc1ccccc1CS(=O)(=O)Nc1cc(Br)ccc1F. The molecule has 7 heteroatoms. The second-order valence-corrected chi connectivity index (χ2v) is 6.82. The van der Waals surface area contributed by atoms with Crippen molar-refractivity contribution in [2.24, 2.45) is 0 Å². The predicted molar refractivity (Wildman–Crippen MR) is 81.2 cm³/mol. The van der Waals surface area contributed by atoms with Crippen molar-refractivity contribution >= 4 is 37.3 Å². The summed E-state index contributed by atoms with van der Waals surface area (Å²) < 4.78 is 40.4. The molecule has 0 aliphatic heterocycles. The minimum Gasteiger partial charge on any atom is -0.398 e. The number of nitrogen functional groups attached to an aromatic ring is 1. The highest BCUT2D eigenvalue weighted by Crippen LogP contribution is 2.22. The van der Waals surface area contributed by atoms with Crippen LogP contribution in [0.25, 0.3) is 0 Å². The van der Waals surface area contributed by atoms with Crippen LogP contribution < -0.4 is 10.5 Å². The molecule has 0 atom stereocenters. The largest absolute Gasteiger partial charge is 0.398 e. The third-order valence-corrected chi connectivity index (χ3v) is 4.31. The number of nitrogens with one attached hydrogen (secondary N) is 1. The number of nitrogens with two attached hydrogens (primary N) is 1. The van der Waals surface area contributed by atoms with E-state index >= 15 is 0 Å². The predicted octanol–water partition coefficient (Wildman–Crippen LogP) is 3.11. The van der Waals surface area contributed by atoms with Gasteiger partial charge in [0.15, 0.2) is 0 Å². The van der Waals surface area contributed by atoms with Gasteiger partial charge in [-0.3, -0.25) is 4.72 Å². The molecule has 0 radical (unpaired) electrons. The van der Waals surface area contributed by atoms with Crippen LogP contribution in [0.2, 0.25) is 0 Å². The standard InChI is InChI=1S/C13H12BrFN2O2S/c14-10-5-6-11(15)13(7-10)17-20(18,19)8-9-3-1-2-4-12(9)16/h1-7,17H,8,16H2. The second kappa shape index (κ2) is 5.80. The molecule has 20 heavy (non-hydrogen) atoms. The maximum atomic E-state index is 13.5. The first-order valence-corrected chi connectivity index (χ1v) is 8.11. The maximum Gasteiger partial charge on any atom is 0.237 e. The molecule has 0 aromatic heterocycles. The zero-order valence-electron chi connectivity index (χ0n) is 10.3. The van der Waals surface area contributed by atoms with E-state index in [1.807, 2.05) is 0 Å². The molecule has 3 N–H and O–H groups in total. The van der Waals surface area contributed by atoms with E-state index in [-0.39, 0.29) is 11.4 Å². The van der Waals surface area contributed by atoms with Gasteiger partial charge < -0.3 is 5.73 Å². The van der Waals surface area contributed by atoms with Crippen LogP contribution in [0.4, 0.5) is 15.8 Å². The van der Waals surface area contributed by atoms with Crippen LogP contribution >= 0.6 is 15.9 Å². The number of hydrogen-bond donors (Lipinski definition) is 2. The first kappa shape index (κ1) is 14.8. The Morgan fingerprint density at radius 3 is 2.60 bits per heavy atom. The number of para-hydroxylation sites is 1. The van der Waals surface area contributed by atoms with Crippen LogP contribution in [-0.2, 0) is 15.8 Å². The van der Waals surface area contributed by atoms with Crippen molar-refractivity contribution in [2.45, 2.75) is 5.75 Å². The summed E-state index contributed by atoms with van der Waals surface area (Å²) in [4.78, 5) is 0. The monoisotopic (exact) mass is 358 g/mol. The van der Waals surface area contributed by atoms with Crippen LogP contribution in [0.15, 0.2) is 46.9 Å². The van der Waals surface area contributed by atoms with Crippen LogP contribution in [0.1, 0.15) is 5.56 Å². The van der Waals surface area contributed by atoms with Gasteiger partial charge in [-0.2, -0.15) is 0 Å². The third-order valence-electron chi connectivity index (χ3n) is 2.59. The summed E-state index contributed by atoms with van der Waals surface area (Å²) in [7, 11) is -3.74. The van der Waals surface area contributed by atoms with E-state index in [2.05, 4.69) is 20.7 Å². The molecule has 4 nitrogen and oxygen atoms in total. The van der Waals surface area contributed by atoms with Crippen molar-refractivity contribution in [1.29, 1.82) is 0 Å². The summed E-state index contributed by atoms with van der Waals surface area (Å²) in [6, 6.07) is 10.7. The van der Waals surface area contributed by atoms with Gasteiger partial charge in [0.25, 0.3) is 0 Å².